The second-order valence-electron chi connectivity index (χ2n) is 8.16. The van der Waals surface area contributed by atoms with Crippen molar-refractivity contribution in [3.63, 3.8) is 0 Å². The summed E-state index contributed by atoms with van der Waals surface area (Å²) >= 11 is 1.64. The Bertz CT molecular complexity index is 1150. The molecule has 31 heavy (non-hydrogen) atoms. The van der Waals surface area contributed by atoms with E-state index in [2.05, 4.69) is 48.3 Å². The molecule has 0 unspecified atom stereocenters. The molecule has 2 aromatic carbocycles. The Morgan fingerprint density at radius 2 is 1.84 bits per heavy atom. The van der Waals surface area contributed by atoms with Crippen molar-refractivity contribution < 1.29 is 9.47 Å². The van der Waals surface area contributed by atoms with E-state index in [0.29, 0.717) is 11.9 Å². The Morgan fingerprint density at radius 3 is 2.65 bits per heavy atom. The van der Waals surface area contributed by atoms with E-state index in [0.717, 1.165) is 63.2 Å². The molecule has 3 aromatic rings. The molecule has 160 valence electrons. The first kappa shape index (κ1) is 20.1. The number of aromatic nitrogens is 3. The molecule has 7 heteroatoms. The van der Waals surface area contributed by atoms with Crippen LogP contribution in [0.3, 0.4) is 0 Å². The first-order chi connectivity index (χ1) is 15.1. The summed E-state index contributed by atoms with van der Waals surface area (Å²) in [7, 11) is 1.67. The number of benzene rings is 2. The fourth-order valence-corrected chi connectivity index (χ4v) is 4.96. The molecule has 0 saturated heterocycles. The molecule has 0 spiro atoms. The molecule has 1 aromatic heterocycles. The van der Waals surface area contributed by atoms with Crippen LogP contribution in [0.5, 0.6) is 11.5 Å². The summed E-state index contributed by atoms with van der Waals surface area (Å²) in [6.07, 6.45) is 5.14. The Morgan fingerprint density at radius 1 is 1.00 bits per heavy atom. The van der Waals surface area contributed by atoms with Gasteiger partial charge in [-0.15, -0.1) is 10.2 Å². The zero-order valence-corrected chi connectivity index (χ0v) is 18.9. The van der Waals surface area contributed by atoms with Gasteiger partial charge < -0.3 is 9.47 Å². The third-order valence-electron chi connectivity index (χ3n) is 5.88. The normalized spacial score (nSPS) is 16.2. The molecule has 0 atom stereocenters. The van der Waals surface area contributed by atoms with Crippen LogP contribution in [-0.4, -0.2) is 39.6 Å². The summed E-state index contributed by atoms with van der Waals surface area (Å²) in [5.41, 5.74) is 5.25. The summed E-state index contributed by atoms with van der Waals surface area (Å²) < 4.78 is 13.7. The highest BCUT2D eigenvalue weighted by Gasteiger charge is 2.24. The van der Waals surface area contributed by atoms with E-state index < -0.39 is 0 Å². The predicted octanol–water partition coefficient (Wildman–Crippen LogP) is 5.25. The quantitative estimate of drug-likeness (QED) is 0.549. The Kier molecular flexibility index (Phi) is 5.44. The molecular formula is C24H26N4O2S. The van der Waals surface area contributed by atoms with E-state index in [-0.39, 0.29) is 0 Å². The van der Waals surface area contributed by atoms with Crippen LogP contribution in [0.15, 0.2) is 46.7 Å². The average molecular weight is 435 g/mol. The van der Waals surface area contributed by atoms with E-state index in [1.54, 1.807) is 18.9 Å². The Balaban J connectivity index is 1.52. The van der Waals surface area contributed by atoms with Crippen molar-refractivity contribution in [1.82, 2.24) is 14.9 Å². The largest absolute Gasteiger partial charge is 0.496 e. The summed E-state index contributed by atoms with van der Waals surface area (Å²) in [5, 5.41) is 14.5. The SMILES string of the molecule is COc1ccc(C)cc1-c1nnc2n1N=C(c1ccc(C)c(OC3CCCC3)c1)CS2. The fourth-order valence-electron chi connectivity index (χ4n) is 4.13. The van der Waals surface area contributed by atoms with Gasteiger partial charge in [0, 0.05) is 11.3 Å². The minimum absolute atomic E-state index is 0.335. The lowest BCUT2D eigenvalue weighted by Gasteiger charge is -2.18. The number of fused-ring (bicyclic) bond motifs is 1. The van der Waals surface area contributed by atoms with Crippen LogP contribution in [0.1, 0.15) is 42.4 Å². The maximum absolute atomic E-state index is 6.32. The van der Waals surface area contributed by atoms with Crippen LogP contribution >= 0.6 is 11.8 Å². The maximum Gasteiger partial charge on any atom is 0.212 e. The third-order valence-corrected chi connectivity index (χ3v) is 6.81. The number of nitrogens with zero attached hydrogens (tertiary/aromatic N) is 4. The lowest BCUT2D eigenvalue weighted by molar-refractivity contribution is 0.208. The van der Waals surface area contributed by atoms with Crippen molar-refractivity contribution in [3.05, 3.63) is 53.1 Å². The maximum atomic E-state index is 6.32. The summed E-state index contributed by atoms with van der Waals surface area (Å²) in [5.74, 6) is 3.16. The van der Waals surface area contributed by atoms with Crippen molar-refractivity contribution in [2.45, 2.75) is 50.8 Å². The van der Waals surface area contributed by atoms with E-state index >= 15 is 0 Å². The molecule has 1 aliphatic heterocycles. The molecule has 1 fully saturated rings. The number of thioether (sulfide) groups is 1. The van der Waals surface area contributed by atoms with E-state index in [4.69, 9.17) is 14.6 Å². The van der Waals surface area contributed by atoms with Gasteiger partial charge in [0.2, 0.25) is 5.16 Å². The van der Waals surface area contributed by atoms with Gasteiger partial charge in [0.15, 0.2) is 5.82 Å². The lowest BCUT2D eigenvalue weighted by atomic mass is 10.1. The molecule has 5 rings (SSSR count). The number of hydrogen-bond acceptors (Lipinski definition) is 6. The molecule has 1 saturated carbocycles. The van der Waals surface area contributed by atoms with Crippen molar-refractivity contribution >= 4 is 17.5 Å². The molecular weight excluding hydrogens is 408 g/mol. The smallest absolute Gasteiger partial charge is 0.212 e. The molecule has 0 radical (unpaired) electrons. The van der Waals surface area contributed by atoms with Crippen LogP contribution < -0.4 is 9.47 Å². The fraction of sp³-hybridized carbons (Fsp3) is 0.375. The van der Waals surface area contributed by atoms with Gasteiger partial charge in [-0.3, -0.25) is 0 Å². The number of methoxy groups -OCH3 is 1. The Hall–Kier alpha value is -2.80. The van der Waals surface area contributed by atoms with Crippen LogP contribution in [0, 0.1) is 13.8 Å². The van der Waals surface area contributed by atoms with Crippen molar-refractivity contribution in [2.24, 2.45) is 5.10 Å². The van der Waals surface area contributed by atoms with Gasteiger partial charge in [-0.1, -0.05) is 35.5 Å². The minimum atomic E-state index is 0.335. The highest BCUT2D eigenvalue weighted by molar-refractivity contribution is 7.99. The Labute approximate surface area is 186 Å². The van der Waals surface area contributed by atoms with Gasteiger partial charge in [-0.25, -0.2) is 0 Å². The summed E-state index contributed by atoms with van der Waals surface area (Å²) in [6, 6.07) is 12.4. The topological polar surface area (TPSA) is 61.5 Å². The second-order valence-corrected chi connectivity index (χ2v) is 9.10. The molecule has 0 amide bonds. The first-order valence-corrected chi connectivity index (χ1v) is 11.7. The monoisotopic (exact) mass is 434 g/mol. The highest BCUT2D eigenvalue weighted by Crippen LogP contribution is 2.34. The van der Waals surface area contributed by atoms with Gasteiger partial charge in [-0.05, 0) is 63.3 Å². The molecule has 2 aliphatic rings. The van der Waals surface area contributed by atoms with Crippen LogP contribution in [-0.2, 0) is 0 Å². The standard InChI is InChI=1S/C24H26N4O2S/c1-15-8-11-21(29-3)19(12-15)23-25-26-24-28(23)27-20(14-31-24)17-10-9-16(2)22(13-17)30-18-6-4-5-7-18/h8-13,18H,4-7,14H2,1-3H3. The van der Waals surface area contributed by atoms with Gasteiger partial charge in [0.05, 0.1) is 24.5 Å². The second kappa shape index (κ2) is 8.38. The van der Waals surface area contributed by atoms with Gasteiger partial charge in [-0.2, -0.15) is 9.78 Å². The van der Waals surface area contributed by atoms with Crippen molar-refractivity contribution in [2.75, 3.05) is 12.9 Å². The van der Waals surface area contributed by atoms with E-state index in [1.165, 1.54) is 12.8 Å². The zero-order chi connectivity index (χ0) is 21.4. The summed E-state index contributed by atoms with van der Waals surface area (Å²) in [4.78, 5) is 0. The zero-order valence-electron chi connectivity index (χ0n) is 18.1. The number of aryl methyl sites for hydroxylation is 2. The molecule has 1 aliphatic carbocycles. The predicted molar refractivity (Wildman–Crippen MR) is 123 cm³/mol. The number of ether oxygens (including phenoxy) is 2. The minimum Gasteiger partial charge on any atom is -0.496 e. The first-order valence-electron chi connectivity index (χ1n) is 10.7. The lowest BCUT2D eigenvalue weighted by Crippen LogP contribution is -2.15. The average Bonchev–Trinajstić information content (AvgIpc) is 3.44. The molecule has 6 nitrogen and oxygen atoms in total. The van der Waals surface area contributed by atoms with Crippen LogP contribution in [0.2, 0.25) is 0 Å². The summed E-state index contributed by atoms with van der Waals surface area (Å²) in [6.45, 7) is 4.16. The van der Waals surface area contributed by atoms with Crippen LogP contribution in [0.25, 0.3) is 11.4 Å². The molecule has 0 N–H and O–H groups in total. The van der Waals surface area contributed by atoms with Crippen LogP contribution in [0.4, 0.5) is 0 Å². The molecule has 0 bridgehead atoms. The van der Waals surface area contributed by atoms with Gasteiger partial charge >= 0.3 is 0 Å². The highest BCUT2D eigenvalue weighted by atomic mass is 32.2. The molecule has 2 heterocycles. The third kappa shape index (κ3) is 3.94. The van der Waals surface area contributed by atoms with E-state index in [1.807, 2.05) is 16.8 Å². The van der Waals surface area contributed by atoms with Crippen molar-refractivity contribution in [3.8, 4) is 22.9 Å². The van der Waals surface area contributed by atoms with E-state index in [9.17, 15) is 0 Å². The number of hydrogen-bond donors (Lipinski definition) is 0. The van der Waals surface area contributed by atoms with Gasteiger partial charge in [0.1, 0.15) is 11.5 Å². The number of rotatable bonds is 5. The van der Waals surface area contributed by atoms with Gasteiger partial charge in [0.25, 0.3) is 0 Å². The van der Waals surface area contributed by atoms with Crippen molar-refractivity contribution in [1.29, 1.82) is 0 Å².